The predicted octanol–water partition coefficient (Wildman–Crippen LogP) is 5.18. The van der Waals surface area contributed by atoms with Crippen molar-refractivity contribution >= 4 is 34.6 Å². The number of methoxy groups -OCH3 is 1. The first-order valence-electron chi connectivity index (χ1n) is 10.0. The number of para-hydroxylation sites is 1. The molecule has 3 aromatic rings. The molecule has 3 aromatic carbocycles. The molecule has 0 aromatic heterocycles. The van der Waals surface area contributed by atoms with Crippen LogP contribution >= 0.6 is 12.2 Å². The number of nitrogens with zero attached hydrogens (tertiary/aromatic N) is 1. The maximum absolute atomic E-state index is 13.5. The fourth-order valence-corrected chi connectivity index (χ4v) is 4.06. The van der Waals surface area contributed by atoms with Gasteiger partial charge in [-0.2, -0.15) is 0 Å². The number of benzene rings is 3. The summed E-state index contributed by atoms with van der Waals surface area (Å²) in [5.41, 5.74) is 3.38. The van der Waals surface area contributed by atoms with Crippen molar-refractivity contribution in [2.45, 2.75) is 13.0 Å². The number of nitrogens with one attached hydrogen (secondary N) is 2. The van der Waals surface area contributed by atoms with Gasteiger partial charge in [-0.1, -0.05) is 30.3 Å². The average molecular weight is 448 g/mol. The van der Waals surface area contributed by atoms with E-state index in [1.807, 2.05) is 66.4 Å². The lowest BCUT2D eigenvalue weighted by atomic mass is 9.94. The third-order valence-corrected chi connectivity index (χ3v) is 5.60. The van der Waals surface area contributed by atoms with Crippen LogP contribution in [0.3, 0.4) is 0 Å². The van der Waals surface area contributed by atoms with Crippen molar-refractivity contribution in [1.29, 1.82) is 0 Å². The van der Waals surface area contributed by atoms with Crippen molar-refractivity contribution in [3.8, 4) is 5.75 Å². The Bertz CT molecular complexity index is 1160. The molecule has 5 nitrogen and oxygen atoms in total. The van der Waals surface area contributed by atoms with Crippen LogP contribution < -0.4 is 20.3 Å². The Morgan fingerprint density at radius 1 is 1.03 bits per heavy atom. The van der Waals surface area contributed by atoms with Crippen LogP contribution in [0.5, 0.6) is 5.75 Å². The van der Waals surface area contributed by atoms with E-state index in [0.29, 0.717) is 22.1 Å². The molecule has 0 saturated carbocycles. The lowest BCUT2D eigenvalue weighted by Crippen LogP contribution is -2.48. The van der Waals surface area contributed by atoms with Gasteiger partial charge in [0.2, 0.25) is 0 Å². The first kappa shape index (κ1) is 21.5. The van der Waals surface area contributed by atoms with Crippen LogP contribution in [0.25, 0.3) is 0 Å². The summed E-state index contributed by atoms with van der Waals surface area (Å²) >= 11 is 5.66. The second kappa shape index (κ2) is 9.20. The predicted molar refractivity (Wildman–Crippen MR) is 128 cm³/mol. The zero-order valence-corrected chi connectivity index (χ0v) is 18.4. The Kier molecular flexibility index (Phi) is 6.18. The maximum Gasteiger partial charge on any atom is 0.255 e. The molecule has 0 bridgehead atoms. The molecule has 1 amide bonds. The van der Waals surface area contributed by atoms with Gasteiger partial charge >= 0.3 is 0 Å². The molecule has 0 radical (unpaired) electrons. The third kappa shape index (κ3) is 4.33. The smallest absolute Gasteiger partial charge is 0.255 e. The Morgan fingerprint density at radius 2 is 1.69 bits per heavy atom. The molecule has 0 saturated heterocycles. The first-order chi connectivity index (χ1) is 15.5. The highest BCUT2D eigenvalue weighted by Crippen LogP contribution is 2.34. The van der Waals surface area contributed by atoms with E-state index in [4.69, 9.17) is 17.0 Å². The number of allylic oxidation sites excluding steroid dienone is 1. The highest BCUT2D eigenvalue weighted by atomic mass is 32.1. The molecular weight excluding hydrogens is 425 g/mol. The molecule has 0 spiro atoms. The summed E-state index contributed by atoms with van der Waals surface area (Å²) in [4.78, 5) is 15.3. The number of halogens is 1. The topological polar surface area (TPSA) is 53.6 Å². The molecule has 1 unspecified atom stereocenters. The minimum atomic E-state index is -0.527. The standard InChI is InChI=1S/C25H22FN3O2S/c1-16-22(24(30)27-19-6-4-3-5-7-19)23(17-8-10-18(26)11-9-17)28-25(32)29(16)20-12-14-21(31-2)15-13-20/h3-15,23H,1-2H3,(H,27,30)(H,28,32). The second-order valence-corrected chi connectivity index (χ2v) is 7.67. The summed E-state index contributed by atoms with van der Waals surface area (Å²) in [6, 6.07) is 22.2. The van der Waals surface area contributed by atoms with E-state index < -0.39 is 6.04 Å². The van der Waals surface area contributed by atoms with Crippen molar-refractivity contribution in [1.82, 2.24) is 5.32 Å². The van der Waals surface area contributed by atoms with Gasteiger partial charge in [0.25, 0.3) is 5.91 Å². The summed E-state index contributed by atoms with van der Waals surface area (Å²) in [7, 11) is 1.60. The minimum Gasteiger partial charge on any atom is -0.497 e. The third-order valence-electron chi connectivity index (χ3n) is 5.30. The van der Waals surface area contributed by atoms with Gasteiger partial charge in [-0.05, 0) is 73.2 Å². The largest absolute Gasteiger partial charge is 0.497 e. The quantitative estimate of drug-likeness (QED) is 0.528. The number of carbonyl (C=O) groups excluding carboxylic acids is 1. The van der Waals surface area contributed by atoms with Gasteiger partial charge in [0.1, 0.15) is 11.6 Å². The van der Waals surface area contributed by atoms with Crippen LogP contribution in [0.15, 0.2) is 90.1 Å². The number of thiocarbonyl (C=S) groups is 1. The number of amides is 1. The van der Waals surface area contributed by atoms with E-state index in [9.17, 15) is 9.18 Å². The molecular formula is C25H22FN3O2S. The molecule has 2 N–H and O–H groups in total. The Morgan fingerprint density at radius 3 is 2.31 bits per heavy atom. The van der Waals surface area contributed by atoms with Crippen LogP contribution in [-0.4, -0.2) is 18.1 Å². The van der Waals surface area contributed by atoms with E-state index in [1.165, 1.54) is 12.1 Å². The SMILES string of the molecule is COc1ccc(N2C(=S)NC(c3ccc(F)cc3)C(C(=O)Nc3ccccc3)=C2C)cc1. The van der Waals surface area contributed by atoms with Gasteiger partial charge in [0, 0.05) is 17.1 Å². The Hall–Kier alpha value is -3.71. The van der Waals surface area contributed by atoms with Crippen molar-refractivity contribution in [2.24, 2.45) is 0 Å². The maximum atomic E-state index is 13.5. The number of ether oxygens (including phenoxy) is 1. The van der Waals surface area contributed by atoms with Crippen molar-refractivity contribution in [3.63, 3.8) is 0 Å². The van der Waals surface area contributed by atoms with Gasteiger partial charge in [0.15, 0.2) is 5.11 Å². The fourth-order valence-electron chi connectivity index (χ4n) is 3.70. The molecule has 1 heterocycles. The lowest BCUT2D eigenvalue weighted by molar-refractivity contribution is -0.113. The molecule has 4 rings (SSSR count). The Labute approximate surface area is 191 Å². The van der Waals surface area contributed by atoms with E-state index >= 15 is 0 Å². The zero-order valence-electron chi connectivity index (χ0n) is 17.6. The van der Waals surface area contributed by atoms with Gasteiger partial charge in [-0.25, -0.2) is 4.39 Å². The number of hydrogen-bond acceptors (Lipinski definition) is 3. The van der Waals surface area contributed by atoms with Crippen molar-refractivity contribution in [2.75, 3.05) is 17.3 Å². The molecule has 1 aliphatic heterocycles. The van der Waals surface area contributed by atoms with Crippen molar-refractivity contribution in [3.05, 3.63) is 102 Å². The molecule has 0 aliphatic carbocycles. The van der Waals surface area contributed by atoms with Gasteiger partial charge in [-0.15, -0.1) is 0 Å². The van der Waals surface area contributed by atoms with E-state index in [0.717, 1.165) is 17.0 Å². The molecule has 32 heavy (non-hydrogen) atoms. The van der Waals surface area contributed by atoms with E-state index in [1.54, 1.807) is 19.2 Å². The first-order valence-corrected chi connectivity index (χ1v) is 10.5. The summed E-state index contributed by atoms with van der Waals surface area (Å²) in [6.45, 7) is 1.85. The second-order valence-electron chi connectivity index (χ2n) is 7.29. The van der Waals surface area contributed by atoms with Crippen LogP contribution in [-0.2, 0) is 4.79 Å². The van der Waals surface area contributed by atoms with Crippen LogP contribution in [0.4, 0.5) is 15.8 Å². The van der Waals surface area contributed by atoms with Crippen LogP contribution in [0, 0.1) is 5.82 Å². The fraction of sp³-hybridized carbons (Fsp3) is 0.120. The van der Waals surface area contributed by atoms with Crippen LogP contribution in [0.1, 0.15) is 18.5 Å². The lowest BCUT2D eigenvalue weighted by Gasteiger charge is -2.38. The number of rotatable bonds is 5. The molecule has 1 aliphatic rings. The minimum absolute atomic E-state index is 0.267. The summed E-state index contributed by atoms with van der Waals surface area (Å²) < 4.78 is 18.8. The molecule has 1 atom stereocenters. The number of carbonyl (C=O) groups is 1. The highest BCUT2D eigenvalue weighted by molar-refractivity contribution is 7.80. The normalized spacial score (nSPS) is 15.9. The Balaban J connectivity index is 1.79. The van der Waals surface area contributed by atoms with E-state index in [-0.39, 0.29) is 11.7 Å². The summed E-state index contributed by atoms with van der Waals surface area (Å²) in [5, 5.41) is 6.66. The van der Waals surface area contributed by atoms with Gasteiger partial charge in [0.05, 0.1) is 18.7 Å². The van der Waals surface area contributed by atoms with Gasteiger partial charge in [-0.3, -0.25) is 9.69 Å². The van der Waals surface area contributed by atoms with Crippen LogP contribution in [0.2, 0.25) is 0 Å². The average Bonchev–Trinajstić information content (AvgIpc) is 2.80. The zero-order chi connectivity index (χ0) is 22.7. The van der Waals surface area contributed by atoms with Crippen molar-refractivity contribution < 1.29 is 13.9 Å². The molecule has 7 heteroatoms. The monoisotopic (exact) mass is 447 g/mol. The molecule has 162 valence electrons. The van der Waals surface area contributed by atoms with E-state index in [2.05, 4.69) is 10.6 Å². The molecule has 0 fully saturated rings. The number of anilines is 2. The summed E-state index contributed by atoms with van der Waals surface area (Å²) in [6.07, 6.45) is 0. The highest BCUT2D eigenvalue weighted by Gasteiger charge is 2.34. The van der Waals surface area contributed by atoms with Gasteiger partial charge < -0.3 is 15.4 Å². The summed E-state index contributed by atoms with van der Waals surface area (Å²) in [5.74, 6) is 0.108. The number of hydrogen-bond donors (Lipinski definition) is 2.